The Morgan fingerprint density at radius 3 is 2.94 bits per heavy atom. The second-order valence-electron chi connectivity index (χ2n) is 3.98. The molecule has 0 bridgehead atoms. The highest BCUT2D eigenvalue weighted by Gasteiger charge is 2.05. The summed E-state index contributed by atoms with van der Waals surface area (Å²) in [6, 6.07) is 5.80. The van der Waals surface area contributed by atoms with Gasteiger partial charge in [-0.05, 0) is 37.1 Å². The van der Waals surface area contributed by atoms with Gasteiger partial charge in [0.15, 0.2) is 0 Å². The van der Waals surface area contributed by atoms with E-state index < -0.39 is 0 Å². The van der Waals surface area contributed by atoms with E-state index in [1.807, 2.05) is 31.2 Å². The van der Waals surface area contributed by atoms with Crippen LogP contribution in [0.15, 0.2) is 30.9 Å². The lowest BCUT2D eigenvalue weighted by molar-refractivity contribution is 0.219. The van der Waals surface area contributed by atoms with Crippen molar-refractivity contribution >= 4 is 11.6 Å². The fourth-order valence-corrected chi connectivity index (χ4v) is 1.81. The fraction of sp³-hybridized carbons (Fsp3) is 0.429. The molecule has 1 atom stereocenters. The monoisotopic (exact) mass is 253 g/mol. The molecule has 3 heteroatoms. The third kappa shape index (κ3) is 4.80. The van der Waals surface area contributed by atoms with Gasteiger partial charge in [0.05, 0.1) is 0 Å². The Labute approximate surface area is 109 Å². The maximum absolute atomic E-state index is 6.06. The van der Waals surface area contributed by atoms with Gasteiger partial charge >= 0.3 is 0 Å². The maximum atomic E-state index is 6.06. The van der Waals surface area contributed by atoms with Crippen molar-refractivity contribution in [1.29, 1.82) is 0 Å². The molecule has 1 rings (SSSR count). The second-order valence-corrected chi connectivity index (χ2v) is 4.39. The molecule has 94 valence electrons. The van der Waals surface area contributed by atoms with E-state index in [0.717, 1.165) is 35.8 Å². The molecule has 0 saturated carbocycles. The summed E-state index contributed by atoms with van der Waals surface area (Å²) < 4.78 is 5.80. The predicted molar refractivity (Wildman–Crippen MR) is 74.0 cm³/mol. The summed E-state index contributed by atoms with van der Waals surface area (Å²) in [5, 5.41) is 4.03. The van der Waals surface area contributed by atoms with Gasteiger partial charge in [-0.3, -0.25) is 0 Å². The van der Waals surface area contributed by atoms with Crippen LogP contribution in [0.2, 0.25) is 5.02 Å². The third-order valence-corrected chi connectivity index (χ3v) is 2.82. The summed E-state index contributed by atoms with van der Waals surface area (Å²) >= 11 is 6.06. The molecule has 2 nitrogen and oxygen atoms in total. The first-order chi connectivity index (χ1) is 8.17. The van der Waals surface area contributed by atoms with Gasteiger partial charge in [0, 0.05) is 18.1 Å². The number of rotatable bonds is 7. The lowest BCUT2D eigenvalue weighted by Crippen LogP contribution is -2.28. The first-order valence-corrected chi connectivity index (χ1v) is 6.31. The van der Waals surface area contributed by atoms with Crippen molar-refractivity contribution in [2.24, 2.45) is 0 Å². The average molecular weight is 254 g/mol. The minimum atomic E-state index is 0.126. The SMILES string of the molecule is C=CCNCC(C)Oc1ccc(Cl)c(CC)c1. The molecule has 0 aliphatic heterocycles. The summed E-state index contributed by atoms with van der Waals surface area (Å²) in [6.45, 7) is 9.38. The van der Waals surface area contributed by atoms with Crippen molar-refractivity contribution in [2.45, 2.75) is 26.4 Å². The van der Waals surface area contributed by atoms with Crippen LogP contribution in [0.4, 0.5) is 0 Å². The first kappa shape index (κ1) is 14.1. The lowest BCUT2D eigenvalue weighted by atomic mass is 10.1. The molecule has 1 N–H and O–H groups in total. The van der Waals surface area contributed by atoms with Crippen molar-refractivity contribution < 1.29 is 4.74 Å². The molecule has 0 fully saturated rings. The third-order valence-electron chi connectivity index (χ3n) is 2.46. The molecule has 0 amide bonds. The topological polar surface area (TPSA) is 21.3 Å². The second kappa shape index (κ2) is 7.36. The molecule has 0 aliphatic rings. The summed E-state index contributed by atoms with van der Waals surface area (Å²) in [4.78, 5) is 0. The Morgan fingerprint density at radius 2 is 2.29 bits per heavy atom. The van der Waals surface area contributed by atoms with Crippen molar-refractivity contribution in [3.05, 3.63) is 41.4 Å². The Bertz CT molecular complexity index is 365. The van der Waals surface area contributed by atoms with Crippen LogP contribution in [0.25, 0.3) is 0 Å². The van der Waals surface area contributed by atoms with Gasteiger partial charge in [0.2, 0.25) is 0 Å². The van der Waals surface area contributed by atoms with Crippen molar-refractivity contribution in [3.63, 3.8) is 0 Å². The summed E-state index contributed by atoms with van der Waals surface area (Å²) in [5.41, 5.74) is 1.12. The number of benzene rings is 1. The van der Waals surface area contributed by atoms with Crippen molar-refractivity contribution in [3.8, 4) is 5.75 Å². The summed E-state index contributed by atoms with van der Waals surface area (Å²) in [7, 11) is 0. The first-order valence-electron chi connectivity index (χ1n) is 5.94. The molecule has 1 unspecified atom stereocenters. The van der Waals surface area contributed by atoms with E-state index in [4.69, 9.17) is 16.3 Å². The zero-order chi connectivity index (χ0) is 12.7. The quantitative estimate of drug-likeness (QED) is 0.594. The van der Waals surface area contributed by atoms with Crippen LogP contribution in [0.3, 0.4) is 0 Å². The molecular weight excluding hydrogens is 234 g/mol. The Hall–Kier alpha value is -0.990. The number of halogens is 1. The Balaban J connectivity index is 2.52. The minimum absolute atomic E-state index is 0.126. The summed E-state index contributed by atoms with van der Waals surface area (Å²) in [5.74, 6) is 0.874. The number of hydrogen-bond donors (Lipinski definition) is 1. The standard InChI is InChI=1S/C14H20ClNO/c1-4-8-16-10-11(3)17-13-6-7-14(15)12(5-2)9-13/h4,6-7,9,11,16H,1,5,8,10H2,2-3H3. The molecule has 1 aromatic rings. The Kier molecular flexibility index (Phi) is 6.09. The number of aryl methyl sites for hydroxylation is 1. The molecule has 1 aromatic carbocycles. The van der Waals surface area contributed by atoms with Gasteiger partial charge in [0.25, 0.3) is 0 Å². The molecule has 0 heterocycles. The van der Waals surface area contributed by atoms with Gasteiger partial charge in [0.1, 0.15) is 11.9 Å². The number of nitrogens with one attached hydrogen (secondary N) is 1. The van der Waals surface area contributed by atoms with E-state index >= 15 is 0 Å². The van der Waals surface area contributed by atoms with E-state index in [2.05, 4.69) is 18.8 Å². The highest BCUT2D eigenvalue weighted by atomic mass is 35.5. The maximum Gasteiger partial charge on any atom is 0.120 e. The van der Waals surface area contributed by atoms with Gasteiger partial charge < -0.3 is 10.1 Å². The van der Waals surface area contributed by atoms with Gasteiger partial charge in [-0.15, -0.1) is 6.58 Å². The molecule has 0 spiro atoms. The van der Waals surface area contributed by atoms with E-state index in [1.165, 1.54) is 0 Å². The molecule has 0 aliphatic carbocycles. The van der Waals surface area contributed by atoms with E-state index in [-0.39, 0.29) is 6.10 Å². The molecule has 17 heavy (non-hydrogen) atoms. The molecule has 0 aromatic heterocycles. The minimum Gasteiger partial charge on any atom is -0.489 e. The van der Waals surface area contributed by atoms with E-state index in [1.54, 1.807) is 0 Å². The van der Waals surface area contributed by atoms with Gasteiger partial charge in [-0.25, -0.2) is 0 Å². The largest absolute Gasteiger partial charge is 0.489 e. The van der Waals surface area contributed by atoms with E-state index in [9.17, 15) is 0 Å². The molecular formula is C14H20ClNO. The highest BCUT2D eigenvalue weighted by Crippen LogP contribution is 2.23. The number of hydrogen-bond acceptors (Lipinski definition) is 2. The zero-order valence-corrected chi connectivity index (χ0v) is 11.3. The Morgan fingerprint density at radius 1 is 1.53 bits per heavy atom. The smallest absolute Gasteiger partial charge is 0.120 e. The van der Waals surface area contributed by atoms with Crippen LogP contribution < -0.4 is 10.1 Å². The van der Waals surface area contributed by atoms with Crippen LogP contribution in [0.5, 0.6) is 5.75 Å². The number of ether oxygens (including phenoxy) is 1. The highest BCUT2D eigenvalue weighted by molar-refractivity contribution is 6.31. The van der Waals surface area contributed by atoms with Crippen LogP contribution in [-0.2, 0) is 6.42 Å². The normalized spacial score (nSPS) is 12.2. The van der Waals surface area contributed by atoms with Crippen LogP contribution in [0.1, 0.15) is 19.4 Å². The van der Waals surface area contributed by atoms with Crippen molar-refractivity contribution in [2.75, 3.05) is 13.1 Å². The van der Waals surface area contributed by atoms with Crippen LogP contribution >= 0.6 is 11.6 Å². The van der Waals surface area contributed by atoms with E-state index in [0.29, 0.717) is 0 Å². The summed E-state index contributed by atoms with van der Waals surface area (Å²) in [6.07, 6.45) is 2.88. The molecule has 0 radical (unpaired) electrons. The average Bonchev–Trinajstić information content (AvgIpc) is 2.32. The lowest BCUT2D eigenvalue weighted by Gasteiger charge is -2.16. The van der Waals surface area contributed by atoms with Crippen LogP contribution in [0, 0.1) is 0 Å². The van der Waals surface area contributed by atoms with Crippen LogP contribution in [-0.4, -0.2) is 19.2 Å². The van der Waals surface area contributed by atoms with Crippen molar-refractivity contribution in [1.82, 2.24) is 5.32 Å². The zero-order valence-electron chi connectivity index (χ0n) is 10.5. The van der Waals surface area contributed by atoms with Gasteiger partial charge in [-0.2, -0.15) is 0 Å². The van der Waals surface area contributed by atoms with Gasteiger partial charge in [-0.1, -0.05) is 24.6 Å². The predicted octanol–water partition coefficient (Wildman–Crippen LogP) is 3.45. The fourth-order valence-electron chi connectivity index (χ4n) is 1.56. The molecule has 0 saturated heterocycles.